The molecule has 3 atom stereocenters. The summed E-state index contributed by atoms with van der Waals surface area (Å²) in [7, 11) is 0. The van der Waals surface area contributed by atoms with Gasteiger partial charge in [0.1, 0.15) is 0 Å². The number of piperidine rings is 1. The average molecular weight is 385 g/mol. The van der Waals surface area contributed by atoms with E-state index in [0.717, 1.165) is 44.2 Å². The van der Waals surface area contributed by atoms with E-state index < -0.39 is 0 Å². The summed E-state index contributed by atoms with van der Waals surface area (Å²) in [5.41, 5.74) is 2.34. The molecule has 3 unspecified atom stereocenters. The van der Waals surface area contributed by atoms with E-state index in [-0.39, 0.29) is 0 Å². The molecule has 0 radical (unpaired) electrons. The van der Waals surface area contributed by atoms with Crippen LogP contribution in [0.15, 0.2) is 23.8 Å². The molecule has 3 heteroatoms. The minimum atomic E-state index is 0.381. The van der Waals surface area contributed by atoms with Gasteiger partial charge in [0, 0.05) is 6.04 Å². The summed E-state index contributed by atoms with van der Waals surface area (Å²) in [5.74, 6) is 4.41. The molecule has 2 N–H and O–H groups in total. The first kappa shape index (κ1) is 22.8. The summed E-state index contributed by atoms with van der Waals surface area (Å²) in [4.78, 5) is 9.94. The van der Waals surface area contributed by atoms with E-state index in [2.05, 4.69) is 56.4 Å². The molecule has 1 heterocycles. The standard InChI is InChI=1S/C19H28.C6H12N2O/c1-6-8-9-17(7-2)19-11-15(3)10-16(13-19)12-18(4,5)14-19;9-5-8-6-1-3-7-4-2-6/h1,7-9,15-16H,10-14H2,2-5H3;5-7H,1-4H2,(H,8,9)/b9-8-,17-7+;. The van der Waals surface area contributed by atoms with Crippen LogP contribution in [-0.4, -0.2) is 25.5 Å². The second-order valence-electron chi connectivity index (χ2n) is 9.99. The summed E-state index contributed by atoms with van der Waals surface area (Å²) in [6, 6.07) is 0.420. The lowest BCUT2D eigenvalue weighted by Crippen LogP contribution is -2.43. The molecule has 3 rings (SSSR count). The number of carbonyl (C=O) groups is 1. The number of nitrogens with one attached hydrogen (secondary N) is 2. The van der Waals surface area contributed by atoms with Gasteiger partial charge in [0.2, 0.25) is 6.41 Å². The van der Waals surface area contributed by atoms with Gasteiger partial charge >= 0.3 is 0 Å². The highest BCUT2D eigenvalue weighted by Crippen LogP contribution is 2.60. The molecule has 28 heavy (non-hydrogen) atoms. The van der Waals surface area contributed by atoms with Crippen molar-refractivity contribution >= 4 is 6.41 Å². The minimum Gasteiger partial charge on any atom is -0.356 e. The molecule has 3 nitrogen and oxygen atoms in total. The molecule has 0 spiro atoms. The van der Waals surface area contributed by atoms with Crippen LogP contribution in [0.3, 0.4) is 0 Å². The van der Waals surface area contributed by atoms with Gasteiger partial charge < -0.3 is 10.6 Å². The molecule has 2 saturated carbocycles. The zero-order chi connectivity index (χ0) is 20.6. The molecular formula is C25H40N2O. The third-order valence-corrected chi connectivity index (χ3v) is 6.74. The van der Waals surface area contributed by atoms with Crippen molar-refractivity contribution in [2.24, 2.45) is 22.7 Å². The van der Waals surface area contributed by atoms with E-state index in [1.807, 2.05) is 6.08 Å². The van der Waals surface area contributed by atoms with Gasteiger partial charge in [0.15, 0.2) is 0 Å². The molecule has 1 saturated heterocycles. The van der Waals surface area contributed by atoms with Crippen LogP contribution in [0.2, 0.25) is 0 Å². The predicted octanol–water partition coefficient (Wildman–Crippen LogP) is 4.85. The van der Waals surface area contributed by atoms with Gasteiger partial charge in [0.25, 0.3) is 0 Å². The van der Waals surface area contributed by atoms with Crippen molar-refractivity contribution in [1.82, 2.24) is 10.6 Å². The van der Waals surface area contributed by atoms with Crippen molar-refractivity contribution in [2.75, 3.05) is 13.1 Å². The van der Waals surface area contributed by atoms with Gasteiger partial charge in [0.05, 0.1) is 0 Å². The van der Waals surface area contributed by atoms with Crippen LogP contribution >= 0.6 is 0 Å². The molecule has 0 aromatic heterocycles. The van der Waals surface area contributed by atoms with Gasteiger partial charge in [-0.15, -0.1) is 6.42 Å². The fourth-order valence-electron chi connectivity index (χ4n) is 6.25. The number of hydrogen-bond acceptors (Lipinski definition) is 2. The van der Waals surface area contributed by atoms with Crippen LogP contribution in [-0.2, 0) is 4.79 Å². The van der Waals surface area contributed by atoms with E-state index in [9.17, 15) is 4.79 Å². The number of allylic oxidation sites excluding steroid dienone is 4. The van der Waals surface area contributed by atoms with Crippen LogP contribution in [0.1, 0.15) is 72.6 Å². The van der Waals surface area contributed by atoms with Crippen molar-refractivity contribution in [3.63, 3.8) is 0 Å². The first-order valence-electron chi connectivity index (χ1n) is 11.0. The van der Waals surface area contributed by atoms with E-state index in [1.54, 1.807) is 0 Å². The molecule has 1 aliphatic heterocycles. The summed E-state index contributed by atoms with van der Waals surface area (Å²) in [6.07, 6.45) is 21.5. The largest absolute Gasteiger partial charge is 0.356 e. The van der Waals surface area contributed by atoms with Crippen molar-refractivity contribution in [1.29, 1.82) is 0 Å². The molecule has 3 fully saturated rings. The van der Waals surface area contributed by atoms with Gasteiger partial charge in [-0.2, -0.15) is 0 Å². The Kier molecular flexibility index (Phi) is 8.38. The lowest BCUT2D eigenvalue weighted by Gasteiger charge is -2.54. The molecule has 0 aromatic carbocycles. The fraction of sp³-hybridized carbons (Fsp3) is 0.720. The summed E-state index contributed by atoms with van der Waals surface area (Å²) >= 11 is 0. The summed E-state index contributed by atoms with van der Waals surface area (Å²) in [5, 5.41) is 5.98. The Hall–Kier alpha value is -1.53. The van der Waals surface area contributed by atoms with Gasteiger partial charge in [-0.3, -0.25) is 4.79 Å². The third-order valence-electron chi connectivity index (χ3n) is 6.74. The van der Waals surface area contributed by atoms with Crippen LogP contribution < -0.4 is 10.6 Å². The Morgan fingerprint density at radius 1 is 1.21 bits per heavy atom. The summed E-state index contributed by atoms with van der Waals surface area (Å²) in [6.45, 7) is 11.6. The summed E-state index contributed by atoms with van der Waals surface area (Å²) < 4.78 is 0. The fourth-order valence-corrected chi connectivity index (χ4v) is 6.25. The van der Waals surface area contributed by atoms with Crippen molar-refractivity contribution in [3.05, 3.63) is 23.8 Å². The Morgan fingerprint density at radius 2 is 1.93 bits per heavy atom. The Labute approximate surface area is 172 Å². The monoisotopic (exact) mass is 384 g/mol. The van der Waals surface area contributed by atoms with E-state index in [1.165, 1.54) is 37.7 Å². The highest BCUT2D eigenvalue weighted by molar-refractivity contribution is 5.46. The van der Waals surface area contributed by atoms with Gasteiger partial charge in [-0.1, -0.05) is 38.8 Å². The van der Waals surface area contributed by atoms with Crippen LogP contribution in [0.25, 0.3) is 0 Å². The van der Waals surface area contributed by atoms with E-state index in [4.69, 9.17) is 6.42 Å². The minimum absolute atomic E-state index is 0.381. The van der Waals surface area contributed by atoms with Gasteiger partial charge in [-0.05, 0) is 99.3 Å². The second-order valence-corrected chi connectivity index (χ2v) is 9.99. The normalized spacial score (nSPS) is 32.8. The van der Waals surface area contributed by atoms with E-state index >= 15 is 0 Å². The zero-order valence-corrected chi connectivity index (χ0v) is 18.4. The van der Waals surface area contributed by atoms with Crippen molar-refractivity contribution in [2.45, 2.75) is 78.7 Å². The van der Waals surface area contributed by atoms with Crippen molar-refractivity contribution < 1.29 is 4.79 Å². The number of amides is 1. The topological polar surface area (TPSA) is 41.1 Å². The maximum Gasteiger partial charge on any atom is 0.207 e. The Bertz CT molecular complexity index is 603. The highest BCUT2D eigenvalue weighted by atomic mass is 16.1. The number of carbonyl (C=O) groups excluding carboxylic acids is 1. The smallest absolute Gasteiger partial charge is 0.207 e. The number of terminal acetylenes is 1. The van der Waals surface area contributed by atoms with Gasteiger partial charge in [-0.25, -0.2) is 0 Å². The maximum absolute atomic E-state index is 9.94. The first-order chi connectivity index (χ1) is 13.3. The quantitative estimate of drug-likeness (QED) is 0.413. The Balaban J connectivity index is 0.000000261. The van der Waals surface area contributed by atoms with Crippen LogP contribution in [0, 0.1) is 35.0 Å². The first-order valence-corrected chi connectivity index (χ1v) is 11.0. The molecule has 156 valence electrons. The number of rotatable bonds is 4. The number of hydrogen-bond donors (Lipinski definition) is 2. The SMILES string of the molecule is C#C/C=C\C(=C/C)C12CC(C)CC(CC(C)(C)C1)C2.O=CNC1CCNCC1. The molecule has 3 aliphatic rings. The second kappa shape index (κ2) is 10.3. The maximum atomic E-state index is 9.94. The molecule has 1 amide bonds. The molecule has 2 bridgehead atoms. The lowest BCUT2D eigenvalue weighted by molar-refractivity contribution is -0.110. The predicted molar refractivity (Wildman–Crippen MR) is 119 cm³/mol. The molecule has 0 aromatic rings. The molecule has 2 aliphatic carbocycles. The van der Waals surface area contributed by atoms with Crippen LogP contribution in [0.4, 0.5) is 0 Å². The highest BCUT2D eigenvalue weighted by Gasteiger charge is 2.48. The third kappa shape index (κ3) is 6.24. The van der Waals surface area contributed by atoms with Crippen LogP contribution in [0.5, 0.6) is 0 Å². The van der Waals surface area contributed by atoms with E-state index in [0.29, 0.717) is 16.9 Å². The van der Waals surface area contributed by atoms with Crippen molar-refractivity contribution in [3.8, 4) is 12.3 Å². The average Bonchev–Trinajstić information content (AvgIpc) is 2.62. The Morgan fingerprint density at radius 3 is 2.54 bits per heavy atom. The zero-order valence-electron chi connectivity index (χ0n) is 18.4. The number of fused-ring (bicyclic) bond motifs is 2. The molecular weight excluding hydrogens is 344 g/mol. The lowest BCUT2D eigenvalue weighted by atomic mass is 9.50.